The Kier molecular flexibility index (Phi) is 4.32. The molecule has 1 rings (SSSR count). The summed E-state index contributed by atoms with van der Waals surface area (Å²) in [5.74, 6) is -0.0614. The third-order valence-electron chi connectivity index (χ3n) is 1.89. The molecule has 0 saturated heterocycles. The van der Waals surface area contributed by atoms with Crippen molar-refractivity contribution in [1.29, 1.82) is 0 Å². The summed E-state index contributed by atoms with van der Waals surface area (Å²) in [6.07, 6.45) is 0. The topological polar surface area (TPSA) is 117 Å². The molecule has 94 valence electrons. The van der Waals surface area contributed by atoms with Crippen LogP contribution >= 0.6 is 15.9 Å². The fourth-order valence-electron chi connectivity index (χ4n) is 1.01. The molecule has 1 aromatic rings. The third-order valence-corrected chi connectivity index (χ3v) is 3.57. The predicted molar refractivity (Wildman–Crippen MR) is 68.3 cm³/mol. The van der Waals surface area contributed by atoms with E-state index in [0.717, 1.165) is 0 Å². The molecule has 0 spiro atoms. The first-order valence-electron chi connectivity index (χ1n) is 4.38. The van der Waals surface area contributed by atoms with Gasteiger partial charge in [0.25, 0.3) is 10.2 Å². The fraction of sp³-hybridized carbons (Fsp3) is 0.125. The molecule has 9 heteroatoms. The second-order valence-electron chi connectivity index (χ2n) is 2.99. The fourth-order valence-corrected chi connectivity index (χ4v) is 2.19. The number of nitrogens with one attached hydrogen (secondary N) is 2. The van der Waals surface area contributed by atoms with Gasteiger partial charge in [-0.3, -0.25) is 4.72 Å². The SMILES string of the molecule is CNS(=O)(=O)Nc1ccc(/C(N)=N/O)cc1Br. The second-order valence-corrected chi connectivity index (χ2v) is 5.46. The Bertz CT molecular complexity index is 544. The highest BCUT2D eigenvalue weighted by molar-refractivity contribution is 9.10. The minimum absolute atomic E-state index is 0.0614. The van der Waals surface area contributed by atoms with Crippen LogP contribution < -0.4 is 15.2 Å². The molecule has 0 fully saturated rings. The van der Waals surface area contributed by atoms with Crippen molar-refractivity contribution < 1.29 is 13.6 Å². The van der Waals surface area contributed by atoms with Crippen molar-refractivity contribution in [1.82, 2.24) is 4.72 Å². The molecule has 0 heterocycles. The van der Waals surface area contributed by atoms with Gasteiger partial charge in [-0.1, -0.05) is 5.16 Å². The third kappa shape index (κ3) is 3.58. The quantitative estimate of drug-likeness (QED) is 0.278. The molecule has 0 aliphatic carbocycles. The van der Waals surface area contributed by atoms with Crippen molar-refractivity contribution in [2.45, 2.75) is 0 Å². The van der Waals surface area contributed by atoms with E-state index < -0.39 is 10.2 Å². The van der Waals surface area contributed by atoms with Gasteiger partial charge >= 0.3 is 0 Å². The largest absolute Gasteiger partial charge is 0.409 e. The summed E-state index contributed by atoms with van der Waals surface area (Å²) in [5.41, 5.74) is 6.20. The van der Waals surface area contributed by atoms with Crippen molar-refractivity contribution in [3.8, 4) is 0 Å². The molecular weight excluding hydrogens is 312 g/mol. The molecule has 0 bridgehead atoms. The molecule has 7 nitrogen and oxygen atoms in total. The lowest BCUT2D eigenvalue weighted by Crippen LogP contribution is -2.26. The summed E-state index contributed by atoms with van der Waals surface area (Å²) in [6, 6.07) is 4.54. The van der Waals surface area contributed by atoms with Crippen LogP contribution in [0.5, 0.6) is 0 Å². The summed E-state index contributed by atoms with van der Waals surface area (Å²) in [7, 11) is -2.28. The van der Waals surface area contributed by atoms with Gasteiger partial charge in [0.1, 0.15) is 0 Å². The van der Waals surface area contributed by atoms with E-state index in [1.54, 1.807) is 0 Å². The van der Waals surface area contributed by atoms with Crippen LogP contribution in [0.3, 0.4) is 0 Å². The normalized spacial score (nSPS) is 12.5. The molecule has 0 aromatic heterocycles. The first-order valence-corrected chi connectivity index (χ1v) is 6.66. The molecule has 0 atom stereocenters. The summed E-state index contributed by atoms with van der Waals surface area (Å²) >= 11 is 3.18. The number of anilines is 1. The lowest BCUT2D eigenvalue weighted by molar-refractivity contribution is 0.318. The number of oxime groups is 1. The maximum absolute atomic E-state index is 11.3. The van der Waals surface area contributed by atoms with Crippen molar-refractivity contribution in [2.24, 2.45) is 10.9 Å². The summed E-state index contributed by atoms with van der Waals surface area (Å²) in [4.78, 5) is 0. The zero-order valence-electron chi connectivity index (χ0n) is 8.81. The average Bonchev–Trinajstić information content (AvgIpc) is 2.30. The van der Waals surface area contributed by atoms with Crippen LogP contribution in [0.25, 0.3) is 0 Å². The van der Waals surface area contributed by atoms with Crippen LogP contribution in [0, 0.1) is 0 Å². The van der Waals surface area contributed by atoms with E-state index in [0.29, 0.717) is 15.7 Å². The lowest BCUT2D eigenvalue weighted by atomic mass is 10.2. The Morgan fingerprint density at radius 3 is 2.65 bits per heavy atom. The first kappa shape index (κ1) is 13.7. The Balaban J connectivity index is 3.07. The molecule has 1 aromatic carbocycles. The highest BCUT2D eigenvalue weighted by atomic mass is 79.9. The minimum atomic E-state index is -3.57. The van der Waals surface area contributed by atoms with Crippen LogP contribution in [0.2, 0.25) is 0 Å². The van der Waals surface area contributed by atoms with Crippen molar-refractivity contribution in [3.63, 3.8) is 0 Å². The Labute approximate surface area is 107 Å². The van der Waals surface area contributed by atoms with Gasteiger partial charge in [-0.05, 0) is 34.1 Å². The van der Waals surface area contributed by atoms with Crippen LogP contribution in [0.1, 0.15) is 5.56 Å². The van der Waals surface area contributed by atoms with Crippen molar-refractivity contribution >= 4 is 37.7 Å². The Morgan fingerprint density at radius 1 is 1.53 bits per heavy atom. The average molecular weight is 323 g/mol. The van der Waals surface area contributed by atoms with E-state index in [1.165, 1.54) is 25.2 Å². The van der Waals surface area contributed by atoms with Gasteiger partial charge in [0.05, 0.1) is 5.69 Å². The Hall–Kier alpha value is -1.32. The van der Waals surface area contributed by atoms with Gasteiger partial charge in [-0.25, -0.2) is 4.72 Å². The molecular formula is C8H11BrN4O3S. The highest BCUT2D eigenvalue weighted by Crippen LogP contribution is 2.24. The van der Waals surface area contributed by atoms with Gasteiger partial charge < -0.3 is 10.9 Å². The number of hydrogen-bond donors (Lipinski definition) is 4. The maximum atomic E-state index is 11.3. The monoisotopic (exact) mass is 322 g/mol. The predicted octanol–water partition coefficient (Wildman–Crippen LogP) is 0.420. The van der Waals surface area contributed by atoms with E-state index >= 15 is 0 Å². The van der Waals surface area contributed by atoms with Gasteiger partial charge in [-0.15, -0.1) is 0 Å². The van der Waals surface area contributed by atoms with Crippen LogP contribution in [0.4, 0.5) is 5.69 Å². The van der Waals surface area contributed by atoms with E-state index in [2.05, 4.69) is 30.5 Å². The number of halogens is 1. The van der Waals surface area contributed by atoms with E-state index in [-0.39, 0.29) is 5.84 Å². The van der Waals surface area contributed by atoms with Crippen molar-refractivity contribution in [3.05, 3.63) is 28.2 Å². The van der Waals surface area contributed by atoms with Gasteiger partial charge in [0, 0.05) is 17.1 Å². The molecule has 0 aliphatic heterocycles. The molecule has 0 radical (unpaired) electrons. The maximum Gasteiger partial charge on any atom is 0.298 e. The van der Waals surface area contributed by atoms with Gasteiger partial charge in [-0.2, -0.15) is 8.42 Å². The Morgan fingerprint density at radius 2 is 2.18 bits per heavy atom. The molecule has 5 N–H and O–H groups in total. The second kappa shape index (κ2) is 5.34. The van der Waals surface area contributed by atoms with E-state index in [9.17, 15) is 8.42 Å². The molecule has 0 aliphatic rings. The van der Waals surface area contributed by atoms with E-state index in [1.807, 2.05) is 0 Å². The summed E-state index contributed by atoms with van der Waals surface area (Å²) in [5, 5.41) is 11.3. The lowest BCUT2D eigenvalue weighted by Gasteiger charge is -2.09. The number of benzene rings is 1. The van der Waals surface area contributed by atoms with Gasteiger partial charge in [0.15, 0.2) is 5.84 Å². The molecule has 17 heavy (non-hydrogen) atoms. The van der Waals surface area contributed by atoms with Crippen LogP contribution in [-0.2, 0) is 10.2 Å². The molecule has 0 saturated carbocycles. The van der Waals surface area contributed by atoms with Crippen LogP contribution in [-0.4, -0.2) is 26.5 Å². The summed E-state index contributed by atoms with van der Waals surface area (Å²) in [6.45, 7) is 0. The number of rotatable bonds is 4. The first-order chi connectivity index (χ1) is 7.89. The zero-order chi connectivity index (χ0) is 13.1. The zero-order valence-corrected chi connectivity index (χ0v) is 11.2. The van der Waals surface area contributed by atoms with Crippen molar-refractivity contribution in [2.75, 3.05) is 11.8 Å². The van der Waals surface area contributed by atoms with Gasteiger partial charge in [0.2, 0.25) is 0 Å². The molecule has 0 amide bonds. The minimum Gasteiger partial charge on any atom is -0.409 e. The number of nitrogens with zero attached hydrogens (tertiary/aromatic N) is 1. The highest BCUT2D eigenvalue weighted by Gasteiger charge is 2.10. The van der Waals surface area contributed by atoms with Crippen LogP contribution in [0.15, 0.2) is 27.8 Å². The number of hydrogen-bond acceptors (Lipinski definition) is 4. The number of nitrogens with two attached hydrogens (primary N) is 1. The smallest absolute Gasteiger partial charge is 0.298 e. The molecule has 0 unspecified atom stereocenters. The number of amidine groups is 1. The standard InChI is InChI=1S/C8H11BrN4O3S/c1-11-17(15,16)13-7-3-2-5(4-6(7)9)8(10)12-14/h2-4,11,13-14H,1H3,(H2,10,12). The summed E-state index contributed by atoms with van der Waals surface area (Å²) < 4.78 is 27.4. The van der Waals surface area contributed by atoms with E-state index in [4.69, 9.17) is 10.9 Å².